The van der Waals surface area contributed by atoms with E-state index in [0.717, 1.165) is 11.3 Å². The van der Waals surface area contributed by atoms with Crippen LogP contribution >= 0.6 is 11.3 Å². The number of nitrogens with zero attached hydrogens (tertiary/aromatic N) is 1. The molecular formula is C13H14N2O3S. The second-order valence-corrected chi connectivity index (χ2v) is 4.55. The summed E-state index contributed by atoms with van der Waals surface area (Å²) < 4.78 is 10.3. The number of aromatic nitrogens is 1. The number of thiazole rings is 1. The van der Waals surface area contributed by atoms with Gasteiger partial charge in [0.25, 0.3) is 0 Å². The monoisotopic (exact) mass is 278 g/mol. The summed E-state index contributed by atoms with van der Waals surface area (Å²) in [7, 11) is 0. The molecule has 0 unspecified atom stereocenters. The van der Waals surface area contributed by atoms with Crippen molar-refractivity contribution in [3.05, 3.63) is 29.6 Å². The molecule has 2 aromatic rings. The van der Waals surface area contributed by atoms with Crippen LogP contribution in [-0.4, -0.2) is 24.2 Å². The Morgan fingerprint density at radius 1 is 1.42 bits per heavy atom. The van der Waals surface area contributed by atoms with Gasteiger partial charge in [-0.3, -0.25) is 0 Å². The van der Waals surface area contributed by atoms with Gasteiger partial charge < -0.3 is 15.2 Å². The molecule has 0 spiro atoms. The van der Waals surface area contributed by atoms with Crippen molar-refractivity contribution in [1.29, 1.82) is 0 Å². The lowest BCUT2D eigenvalue weighted by Gasteiger charge is -2.09. The zero-order valence-corrected chi connectivity index (χ0v) is 11.3. The molecule has 0 fully saturated rings. The first kappa shape index (κ1) is 13.4. The first-order valence-electron chi connectivity index (χ1n) is 5.79. The van der Waals surface area contributed by atoms with Crippen LogP contribution in [0.2, 0.25) is 0 Å². The van der Waals surface area contributed by atoms with Gasteiger partial charge in [-0.2, -0.15) is 0 Å². The molecule has 100 valence electrons. The SMILES string of the molecule is CCOC(=O)COc1ccccc1-c1csc(N)n1. The van der Waals surface area contributed by atoms with E-state index in [-0.39, 0.29) is 6.61 Å². The zero-order chi connectivity index (χ0) is 13.7. The van der Waals surface area contributed by atoms with E-state index in [0.29, 0.717) is 17.5 Å². The van der Waals surface area contributed by atoms with Crippen LogP contribution in [0.5, 0.6) is 5.75 Å². The van der Waals surface area contributed by atoms with Crippen molar-refractivity contribution in [1.82, 2.24) is 4.98 Å². The summed E-state index contributed by atoms with van der Waals surface area (Å²) in [5, 5.41) is 2.34. The normalized spacial score (nSPS) is 10.2. The molecule has 0 aliphatic heterocycles. The van der Waals surface area contributed by atoms with Gasteiger partial charge in [-0.05, 0) is 19.1 Å². The van der Waals surface area contributed by atoms with Gasteiger partial charge in [0.15, 0.2) is 11.7 Å². The molecule has 2 rings (SSSR count). The van der Waals surface area contributed by atoms with Gasteiger partial charge in [-0.1, -0.05) is 12.1 Å². The fourth-order valence-corrected chi connectivity index (χ4v) is 2.12. The van der Waals surface area contributed by atoms with E-state index in [1.165, 1.54) is 11.3 Å². The third kappa shape index (κ3) is 3.45. The summed E-state index contributed by atoms with van der Waals surface area (Å²) in [4.78, 5) is 15.5. The van der Waals surface area contributed by atoms with Crippen molar-refractivity contribution < 1.29 is 14.3 Å². The highest BCUT2D eigenvalue weighted by Crippen LogP contribution is 2.31. The summed E-state index contributed by atoms with van der Waals surface area (Å²) in [6, 6.07) is 7.36. The maximum absolute atomic E-state index is 11.3. The van der Waals surface area contributed by atoms with Crippen molar-refractivity contribution in [3.8, 4) is 17.0 Å². The predicted molar refractivity (Wildman–Crippen MR) is 74.1 cm³/mol. The number of carbonyl (C=O) groups is 1. The minimum Gasteiger partial charge on any atom is -0.481 e. The molecular weight excluding hydrogens is 264 g/mol. The summed E-state index contributed by atoms with van der Waals surface area (Å²) in [6.45, 7) is 1.97. The lowest BCUT2D eigenvalue weighted by Crippen LogP contribution is -2.14. The summed E-state index contributed by atoms with van der Waals surface area (Å²) >= 11 is 1.36. The molecule has 0 bridgehead atoms. The third-order valence-corrected chi connectivity index (χ3v) is 3.01. The smallest absolute Gasteiger partial charge is 0.344 e. The third-order valence-electron chi connectivity index (χ3n) is 2.34. The Bertz CT molecular complexity index is 569. The fourth-order valence-electron chi connectivity index (χ4n) is 1.55. The topological polar surface area (TPSA) is 74.4 Å². The fraction of sp³-hybridized carbons (Fsp3) is 0.231. The van der Waals surface area contributed by atoms with Gasteiger partial charge in [0, 0.05) is 10.9 Å². The number of esters is 1. The van der Waals surface area contributed by atoms with Crippen molar-refractivity contribution >= 4 is 22.4 Å². The number of carbonyl (C=O) groups excluding carboxylic acids is 1. The summed E-state index contributed by atoms with van der Waals surface area (Å²) in [6.07, 6.45) is 0. The van der Waals surface area contributed by atoms with Crippen LogP contribution in [-0.2, 0) is 9.53 Å². The number of nitrogen functional groups attached to an aromatic ring is 1. The quantitative estimate of drug-likeness (QED) is 0.850. The molecule has 0 amide bonds. The number of benzene rings is 1. The molecule has 0 aliphatic carbocycles. The first-order chi connectivity index (χ1) is 9.20. The van der Waals surface area contributed by atoms with Crippen molar-refractivity contribution in [2.75, 3.05) is 18.9 Å². The van der Waals surface area contributed by atoms with Gasteiger partial charge in [-0.25, -0.2) is 9.78 Å². The average Bonchev–Trinajstić information content (AvgIpc) is 2.84. The molecule has 0 saturated carbocycles. The van der Waals surface area contributed by atoms with Crippen LogP contribution < -0.4 is 10.5 Å². The number of rotatable bonds is 5. The lowest BCUT2D eigenvalue weighted by molar-refractivity contribution is -0.145. The molecule has 5 nitrogen and oxygen atoms in total. The van der Waals surface area contributed by atoms with E-state index in [1.54, 1.807) is 13.0 Å². The Kier molecular flexibility index (Phi) is 4.35. The van der Waals surface area contributed by atoms with Gasteiger partial charge in [0.2, 0.25) is 0 Å². The molecule has 1 heterocycles. The molecule has 0 saturated heterocycles. The van der Waals surface area contributed by atoms with Crippen LogP contribution in [0.25, 0.3) is 11.3 Å². The molecule has 1 aromatic carbocycles. The van der Waals surface area contributed by atoms with Crippen molar-refractivity contribution in [2.24, 2.45) is 0 Å². The van der Waals surface area contributed by atoms with Crippen LogP contribution in [0.4, 0.5) is 5.13 Å². The number of anilines is 1. The zero-order valence-electron chi connectivity index (χ0n) is 10.5. The highest BCUT2D eigenvalue weighted by Gasteiger charge is 2.10. The van der Waals surface area contributed by atoms with Gasteiger partial charge in [0.05, 0.1) is 12.3 Å². The van der Waals surface area contributed by atoms with Crippen molar-refractivity contribution in [2.45, 2.75) is 6.92 Å². The first-order valence-corrected chi connectivity index (χ1v) is 6.67. The van der Waals surface area contributed by atoms with E-state index in [2.05, 4.69) is 4.98 Å². The van der Waals surface area contributed by atoms with Crippen LogP contribution in [0.3, 0.4) is 0 Å². The van der Waals surface area contributed by atoms with E-state index >= 15 is 0 Å². The maximum Gasteiger partial charge on any atom is 0.344 e. The standard InChI is InChI=1S/C13H14N2O3S/c1-2-17-12(16)7-18-11-6-4-3-5-9(11)10-8-19-13(14)15-10/h3-6,8H,2,7H2,1H3,(H2,14,15). The van der Waals surface area contributed by atoms with E-state index in [4.69, 9.17) is 15.2 Å². The molecule has 6 heteroatoms. The number of ether oxygens (including phenoxy) is 2. The van der Waals surface area contributed by atoms with Gasteiger partial charge >= 0.3 is 5.97 Å². The summed E-state index contributed by atoms with van der Waals surface area (Å²) in [5.74, 6) is 0.191. The molecule has 0 radical (unpaired) electrons. The Balaban J connectivity index is 2.15. The van der Waals surface area contributed by atoms with E-state index < -0.39 is 5.97 Å². The Morgan fingerprint density at radius 2 is 2.21 bits per heavy atom. The lowest BCUT2D eigenvalue weighted by atomic mass is 10.1. The minimum absolute atomic E-state index is 0.121. The Labute approximate surface area is 115 Å². The number of para-hydroxylation sites is 1. The van der Waals surface area contributed by atoms with Crippen LogP contribution in [0.15, 0.2) is 29.6 Å². The Hall–Kier alpha value is -2.08. The molecule has 0 aliphatic rings. The maximum atomic E-state index is 11.3. The summed E-state index contributed by atoms with van der Waals surface area (Å²) in [5.41, 5.74) is 7.16. The molecule has 1 aromatic heterocycles. The van der Waals surface area contributed by atoms with Crippen molar-refractivity contribution in [3.63, 3.8) is 0 Å². The molecule has 0 atom stereocenters. The second kappa shape index (κ2) is 6.19. The van der Waals surface area contributed by atoms with E-state index in [1.807, 2.05) is 23.6 Å². The molecule has 2 N–H and O–H groups in total. The number of hydrogen-bond acceptors (Lipinski definition) is 6. The predicted octanol–water partition coefficient (Wildman–Crippen LogP) is 2.33. The average molecular weight is 278 g/mol. The molecule has 19 heavy (non-hydrogen) atoms. The minimum atomic E-state index is -0.393. The van der Waals surface area contributed by atoms with Crippen LogP contribution in [0, 0.1) is 0 Å². The number of hydrogen-bond donors (Lipinski definition) is 1. The number of nitrogens with two attached hydrogens (primary N) is 1. The highest BCUT2D eigenvalue weighted by molar-refractivity contribution is 7.13. The van der Waals surface area contributed by atoms with E-state index in [9.17, 15) is 4.79 Å². The Morgan fingerprint density at radius 3 is 2.89 bits per heavy atom. The van der Waals surface area contributed by atoms with Gasteiger partial charge in [-0.15, -0.1) is 11.3 Å². The van der Waals surface area contributed by atoms with Crippen LogP contribution in [0.1, 0.15) is 6.92 Å². The highest BCUT2D eigenvalue weighted by atomic mass is 32.1. The second-order valence-electron chi connectivity index (χ2n) is 3.66. The van der Waals surface area contributed by atoms with Gasteiger partial charge in [0.1, 0.15) is 5.75 Å². The largest absolute Gasteiger partial charge is 0.481 e.